The third-order valence-electron chi connectivity index (χ3n) is 4.41. The van der Waals surface area contributed by atoms with Gasteiger partial charge in [-0.2, -0.15) is 0 Å². The Morgan fingerprint density at radius 1 is 1.17 bits per heavy atom. The van der Waals surface area contributed by atoms with E-state index in [1.807, 2.05) is 12.1 Å². The van der Waals surface area contributed by atoms with Crippen molar-refractivity contribution in [3.8, 4) is 5.75 Å². The van der Waals surface area contributed by atoms with Crippen LogP contribution in [0.5, 0.6) is 5.75 Å². The van der Waals surface area contributed by atoms with Gasteiger partial charge in [0.15, 0.2) is 0 Å². The average Bonchev–Trinajstić information content (AvgIpc) is 2.88. The molecule has 1 saturated carbocycles. The molecule has 1 aromatic rings. The maximum atomic E-state index is 6.55. The molecule has 0 saturated heterocycles. The van der Waals surface area contributed by atoms with Gasteiger partial charge in [-0.15, -0.1) is 0 Å². The van der Waals surface area contributed by atoms with E-state index in [9.17, 15) is 0 Å². The molecule has 3 nitrogen and oxygen atoms in total. The zero-order chi connectivity index (χ0) is 13.2. The summed E-state index contributed by atoms with van der Waals surface area (Å²) in [7, 11) is 5.98. The van der Waals surface area contributed by atoms with Crippen LogP contribution in [0.1, 0.15) is 37.3 Å². The Morgan fingerprint density at radius 3 is 2.17 bits per heavy atom. The van der Waals surface area contributed by atoms with Crippen LogP contribution < -0.4 is 10.5 Å². The second-order valence-electron chi connectivity index (χ2n) is 5.46. The minimum absolute atomic E-state index is 0.0703. The van der Waals surface area contributed by atoms with Gasteiger partial charge in [0.25, 0.3) is 0 Å². The molecule has 3 heteroatoms. The molecule has 0 bridgehead atoms. The number of nitrogens with two attached hydrogens (primary N) is 1. The first-order valence-corrected chi connectivity index (χ1v) is 6.67. The number of likely N-dealkylation sites (N-methyl/N-ethyl adjacent to an activating group) is 1. The van der Waals surface area contributed by atoms with E-state index in [1.54, 1.807) is 7.11 Å². The molecular formula is C15H24N2O. The molecule has 1 atom stereocenters. The highest BCUT2D eigenvalue weighted by molar-refractivity contribution is 5.31. The number of benzene rings is 1. The van der Waals surface area contributed by atoms with Gasteiger partial charge in [0.2, 0.25) is 0 Å². The van der Waals surface area contributed by atoms with Gasteiger partial charge in [0, 0.05) is 11.6 Å². The molecule has 0 radical (unpaired) electrons. The molecule has 0 amide bonds. The van der Waals surface area contributed by atoms with E-state index in [1.165, 1.54) is 31.2 Å². The van der Waals surface area contributed by atoms with Gasteiger partial charge in [-0.3, -0.25) is 0 Å². The van der Waals surface area contributed by atoms with Gasteiger partial charge in [-0.25, -0.2) is 0 Å². The first kappa shape index (κ1) is 13.4. The first-order chi connectivity index (χ1) is 8.60. The van der Waals surface area contributed by atoms with Gasteiger partial charge in [-0.05, 0) is 44.6 Å². The predicted molar refractivity (Wildman–Crippen MR) is 74.8 cm³/mol. The molecule has 2 N–H and O–H groups in total. The summed E-state index contributed by atoms with van der Waals surface area (Å²) in [6.45, 7) is 0. The lowest BCUT2D eigenvalue weighted by Crippen LogP contribution is -2.50. The maximum Gasteiger partial charge on any atom is 0.118 e. The number of hydrogen-bond donors (Lipinski definition) is 1. The van der Waals surface area contributed by atoms with Crippen molar-refractivity contribution in [2.75, 3.05) is 21.2 Å². The maximum absolute atomic E-state index is 6.55. The zero-order valence-electron chi connectivity index (χ0n) is 11.6. The van der Waals surface area contributed by atoms with Crippen molar-refractivity contribution in [2.24, 2.45) is 5.73 Å². The molecule has 1 aliphatic carbocycles. The summed E-state index contributed by atoms with van der Waals surface area (Å²) in [5, 5.41) is 0. The SMILES string of the molecule is COc1ccc(C(N)C2(N(C)C)CCCC2)cc1. The molecule has 0 spiro atoms. The van der Waals surface area contributed by atoms with E-state index in [4.69, 9.17) is 10.5 Å². The Hall–Kier alpha value is -1.06. The second kappa shape index (κ2) is 5.29. The van der Waals surface area contributed by atoms with Crippen molar-refractivity contribution >= 4 is 0 Å². The summed E-state index contributed by atoms with van der Waals surface area (Å²) in [6.07, 6.45) is 4.93. The van der Waals surface area contributed by atoms with E-state index in [2.05, 4.69) is 31.1 Å². The molecule has 0 aliphatic heterocycles. The smallest absolute Gasteiger partial charge is 0.118 e. The first-order valence-electron chi connectivity index (χ1n) is 6.67. The molecule has 0 aromatic heterocycles. The van der Waals surface area contributed by atoms with E-state index < -0.39 is 0 Å². The zero-order valence-corrected chi connectivity index (χ0v) is 11.6. The van der Waals surface area contributed by atoms with Crippen molar-refractivity contribution < 1.29 is 4.74 Å². The standard InChI is InChI=1S/C15H24N2O/c1-17(2)15(10-4-5-11-15)14(16)12-6-8-13(18-3)9-7-12/h6-9,14H,4-5,10-11,16H2,1-3H3. The average molecular weight is 248 g/mol. The van der Waals surface area contributed by atoms with Crippen LogP contribution in [0.15, 0.2) is 24.3 Å². The summed E-state index contributed by atoms with van der Waals surface area (Å²) >= 11 is 0. The van der Waals surface area contributed by atoms with Crippen LogP contribution in [0.25, 0.3) is 0 Å². The van der Waals surface area contributed by atoms with Crippen LogP contribution in [0, 0.1) is 0 Å². The Bertz CT molecular complexity index is 380. The number of methoxy groups -OCH3 is 1. The lowest BCUT2D eigenvalue weighted by atomic mass is 9.83. The largest absolute Gasteiger partial charge is 0.497 e. The van der Waals surface area contributed by atoms with E-state index in [-0.39, 0.29) is 11.6 Å². The number of hydrogen-bond acceptors (Lipinski definition) is 3. The van der Waals surface area contributed by atoms with Crippen molar-refractivity contribution in [1.29, 1.82) is 0 Å². The van der Waals surface area contributed by atoms with Crippen molar-refractivity contribution in [3.63, 3.8) is 0 Å². The molecule has 1 fully saturated rings. The Balaban J connectivity index is 2.25. The predicted octanol–water partition coefficient (Wildman–Crippen LogP) is 2.57. The number of rotatable bonds is 4. The molecule has 1 aromatic carbocycles. The van der Waals surface area contributed by atoms with Crippen LogP contribution in [-0.4, -0.2) is 31.6 Å². The van der Waals surface area contributed by atoms with Crippen LogP contribution in [0.4, 0.5) is 0 Å². The minimum atomic E-state index is 0.0703. The lowest BCUT2D eigenvalue weighted by molar-refractivity contribution is 0.123. The lowest BCUT2D eigenvalue weighted by Gasteiger charge is -2.41. The summed E-state index contributed by atoms with van der Waals surface area (Å²) < 4.78 is 5.20. The van der Waals surface area contributed by atoms with Gasteiger partial charge in [0.1, 0.15) is 5.75 Å². The Labute approximate surface area is 110 Å². The Morgan fingerprint density at radius 2 is 1.72 bits per heavy atom. The molecule has 1 unspecified atom stereocenters. The summed E-state index contributed by atoms with van der Waals surface area (Å²) in [5.74, 6) is 0.885. The quantitative estimate of drug-likeness (QED) is 0.890. The Kier molecular flexibility index (Phi) is 3.93. The molecule has 0 heterocycles. The monoisotopic (exact) mass is 248 g/mol. The summed E-state index contributed by atoms with van der Waals surface area (Å²) in [6, 6.07) is 8.24. The van der Waals surface area contributed by atoms with Crippen LogP contribution in [0.2, 0.25) is 0 Å². The topological polar surface area (TPSA) is 38.5 Å². The minimum Gasteiger partial charge on any atom is -0.497 e. The third-order valence-corrected chi connectivity index (χ3v) is 4.41. The molecule has 18 heavy (non-hydrogen) atoms. The fourth-order valence-corrected chi connectivity index (χ4v) is 3.15. The van der Waals surface area contributed by atoms with E-state index >= 15 is 0 Å². The normalized spacial score (nSPS) is 20.1. The number of nitrogens with zero attached hydrogens (tertiary/aromatic N) is 1. The summed E-state index contributed by atoms with van der Waals surface area (Å²) in [5.41, 5.74) is 7.87. The van der Waals surface area contributed by atoms with Gasteiger partial charge in [-0.1, -0.05) is 25.0 Å². The third kappa shape index (κ3) is 2.25. The van der Waals surface area contributed by atoms with Crippen molar-refractivity contribution in [3.05, 3.63) is 29.8 Å². The van der Waals surface area contributed by atoms with E-state index in [0.717, 1.165) is 5.75 Å². The highest BCUT2D eigenvalue weighted by Crippen LogP contribution is 2.42. The fraction of sp³-hybridized carbons (Fsp3) is 0.600. The highest BCUT2D eigenvalue weighted by Gasteiger charge is 2.41. The van der Waals surface area contributed by atoms with E-state index in [0.29, 0.717) is 0 Å². The van der Waals surface area contributed by atoms with Crippen LogP contribution >= 0.6 is 0 Å². The molecule has 100 valence electrons. The van der Waals surface area contributed by atoms with Crippen molar-refractivity contribution in [1.82, 2.24) is 4.90 Å². The second-order valence-corrected chi connectivity index (χ2v) is 5.46. The fourth-order valence-electron chi connectivity index (χ4n) is 3.15. The molecular weight excluding hydrogens is 224 g/mol. The summed E-state index contributed by atoms with van der Waals surface area (Å²) in [4.78, 5) is 2.31. The van der Waals surface area contributed by atoms with Gasteiger partial charge < -0.3 is 15.4 Å². The molecule has 1 aliphatic rings. The van der Waals surface area contributed by atoms with Crippen LogP contribution in [-0.2, 0) is 0 Å². The highest BCUT2D eigenvalue weighted by atomic mass is 16.5. The molecule has 2 rings (SSSR count). The van der Waals surface area contributed by atoms with Gasteiger partial charge in [0.05, 0.1) is 7.11 Å². The number of ether oxygens (including phenoxy) is 1. The van der Waals surface area contributed by atoms with Crippen LogP contribution in [0.3, 0.4) is 0 Å². The van der Waals surface area contributed by atoms with Gasteiger partial charge >= 0.3 is 0 Å². The van der Waals surface area contributed by atoms with Crippen molar-refractivity contribution in [2.45, 2.75) is 37.3 Å².